The topological polar surface area (TPSA) is 144 Å². The van der Waals surface area contributed by atoms with Gasteiger partial charge < -0.3 is 9.47 Å². The number of methoxy groups -OCH3 is 2. The van der Waals surface area contributed by atoms with Gasteiger partial charge in [-0.3, -0.25) is 14.4 Å². The molecule has 0 saturated carbocycles. The molecule has 15 heteroatoms. The van der Waals surface area contributed by atoms with Crippen LogP contribution in [0, 0.1) is 11.8 Å². The van der Waals surface area contributed by atoms with Crippen LogP contribution in [0.25, 0.3) is 0 Å². The first kappa shape index (κ1) is 48.7. The van der Waals surface area contributed by atoms with Crippen LogP contribution in [-0.2, 0) is 47.5 Å². The lowest BCUT2D eigenvalue weighted by Crippen LogP contribution is -2.60. The van der Waals surface area contributed by atoms with Crippen molar-refractivity contribution >= 4 is 59.6 Å². The molecule has 0 N–H and O–H groups in total. The van der Waals surface area contributed by atoms with Crippen molar-refractivity contribution in [2.45, 2.75) is 88.3 Å². The van der Waals surface area contributed by atoms with Crippen LogP contribution in [0.5, 0.6) is 11.5 Å². The van der Waals surface area contributed by atoms with E-state index in [1.165, 1.54) is 60.9 Å². The average molecular weight is 897 g/mol. The maximum atomic E-state index is 15.3. The number of hydrogen-bond acceptors (Lipinski definition) is 11. The number of thioether (sulfide) groups is 2. The summed E-state index contributed by atoms with van der Waals surface area (Å²) in [7, 11) is -5.81. The molecule has 2 atom stereocenters. The number of carbonyl (C=O) groups excluding carboxylic acids is 3. The van der Waals surface area contributed by atoms with Crippen LogP contribution < -0.4 is 9.47 Å². The lowest BCUT2D eigenvalue weighted by atomic mass is 9.77. The first-order valence-electron chi connectivity index (χ1n) is 19.5. The van der Waals surface area contributed by atoms with Crippen LogP contribution in [0.4, 0.5) is 0 Å². The minimum absolute atomic E-state index is 0.0291. The molecule has 0 heterocycles. The van der Waals surface area contributed by atoms with Crippen LogP contribution in [0.15, 0.2) is 119 Å². The smallest absolute Gasteiger partial charge is 0.243 e. The zero-order chi connectivity index (χ0) is 44.3. The molecule has 4 rings (SSSR count). The van der Waals surface area contributed by atoms with Gasteiger partial charge in [0.25, 0.3) is 0 Å². The fourth-order valence-corrected chi connectivity index (χ4v) is 13.1. The summed E-state index contributed by atoms with van der Waals surface area (Å²) in [6.45, 7) is 9.84. The number of carbonyl (C=O) groups is 3. The van der Waals surface area contributed by atoms with E-state index in [4.69, 9.17) is 9.47 Å². The van der Waals surface area contributed by atoms with Gasteiger partial charge in [-0.05, 0) is 71.5 Å². The fraction of sp³-hybridized carbons (Fsp3) is 0.400. The molecule has 324 valence electrons. The minimum atomic E-state index is -4.39. The van der Waals surface area contributed by atoms with Crippen LogP contribution in [-0.4, -0.2) is 78.3 Å². The Hall–Kier alpha value is -3.99. The van der Waals surface area contributed by atoms with E-state index < -0.39 is 48.7 Å². The molecular weight excluding hydrogens is 841 g/mol. The molecule has 0 radical (unpaired) electrons. The molecule has 4 aromatic carbocycles. The van der Waals surface area contributed by atoms with Gasteiger partial charge in [0, 0.05) is 51.3 Å². The highest BCUT2D eigenvalue weighted by Gasteiger charge is 2.52. The number of rotatable bonds is 22. The summed E-state index contributed by atoms with van der Waals surface area (Å²) in [6, 6.07) is 30.0. The highest BCUT2D eigenvalue weighted by molar-refractivity contribution is 8.13. The van der Waals surface area contributed by atoms with E-state index in [2.05, 4.69) is 0 Å². The third kappa shape index (κ3) is 11.7. The average Bonchev–Trinajstić information content (AvgIpc) is 3.22. The number of sulfonamides is 2. The maximum Gasteiger partial charge on any atom is 0.243 e. The Labute approximate surface area is 364 Å². The van der Waals surface area contributed by atoms with Gasteiger partial charge in [-0.15, -0.1) is 0 Å². The molecule has 0 aromatic heterocycles. The standard InChI is InChI=1S/C45H56N2O9S4/c1-33(2)44(31-57-35(5)48,46(29-37-15-11-9-12-16-37)59(51,52)42-23-19-40(55-7)20-24-42)27-39(50)28-45(34(3)4,32-58-36(6)49)47(30-38-17-13-10-14-18-38)60(53,54)43-25-21-41(56-8)22-26-43/h9-26,33-34H,27-32H2,1-8H3. The summed E-state index contributed by atoms with van der Waals surface area (Å²) in [5.41, 5.74) is -1.68. The molecule has 0 aliphatic heterocycles. The third-order valence-electron chi connectivity index (χ3n) is 10.8. The lowest BCUT2D eigenvalue weighted by molar-refractivity contribution is -0.124. The van der Waals surface area contributed by atoms with Crippen molar-refractivity contribution in [1.29, 1.82) is 0 Å². The summed E-state index contributed by atoms with van der Waals surface area (Å²) in [5, 5.41) is -0.522. The molecule has 0 fully saturated rings. The first-order valence-corrected chi connectivity index (χ1v) is 24.4. The summed E-state index contributed by atoms with van der Waals surface area (Å²) in [5.74, 6) is -0.720. The Bertz CT molecular complexity index is 2110. The Kier molecular flexibility index (Phi) is 17.2. The van der Waals surface area contributed by atoms with Gasteiger partial charge in [-0.1, -0.05) is 112 Å². The molecule has 0 aliphatic carbocycles. The molecular formula is C45H56N2O9S4. The summed E-state index contributed by atoms with van der Waals surface area (Å²) >= 11 is 1.87. The molecule has 0 bridgehead atoms. The van der Waals surface area contributed by atoms with E-state index in [1.807, 2.05) is 39.8 Å². The van der Waals surface area contributed by atoms with Crippen LogP contribution in [0.1, 0.15) is 65.5 Å². The summed E-state index contributed by atoms with van der Waals surface area (Å²) in [6.07, 6.45) is -0.734. The molecule has 0 saturated heterocycles. The van der Waals surface area contributed by atoms with Crippen molar-refractivity contribution < 1.29 is 40.7 Å². The lowest BCUT2D eigenvalue weighted by Gasteiger charge is -2.48. The first-order chi connectivity index (χ1) is 28.3. The zero-order valence-corrected chi connectivity index (χ0v) is 38.8. The van der Waals surface area contributed by atoms with Crippen LogP contribution in [0.3, 0.4) is 0 Å². The summed E-state index contributed by atoms with van der Waals surface area (Å²) < 4.78 is 73.6. The number of ketones is 1. The molecule has 0 amide bonds. The second-order valence-corrected chi connectivity index (χ2v) is 21.3. The predicted octanol–water partition coefficient (Wildman–Crippen LogP) is 8.48. The number of benzene rings is 4. The third-order valence-corrected chi connectivity index (χ3v) is 16.8. The molecule has 0 aliphatic rings. The zero-order valence-electron chi connectivity index (χ0n) is 35.5. The van der Waals surface area contributed by atoms with Gasteiger partial charge in [-0.2, -0.15) is 8.61 Å². The largest absolute Gasteiger partial charge is 0.497 e. The molecule has 2 unspecified atom stereocenters. The van der Waals surface area contributed by atoms with E-state index in [-0.39, 0.29) is 57.5 Å². The van der Waals surface area contributed by atoms with Crippen LogP contribution in [0.2, 0.25) is 0 Å². The SMILES string of the molecule is COc1ccc(S(=O)(=O)N(Cc2ccccc2)C(CSC(C)=O)(CC(=O)CC(CSC(C)=O)(C(C)C)N(Cc2ccccc2)S(=O)(=O)c2ccc(OC)cc2)C(C)C)cc1. The highest BCUT2D eigenvalue weighted by Crippen LogP contribution is 2.43. The fourth-order valence-electron chi connectivity index (χ4n) is 7.15. The molecule has 4 aromatic rings. The van der Waals surface area contributed by atoms with Gasteiger partial charge >= 0.3 is 0 Å². The Morgan fingerprint density at radius 3 is 1.13 bits per heavy atom. The van der Waals surface area contributed by atoms with Gasteiger partial charge in [0.15, 0.2) is 10.2 Å². The monoisotopic (exact) mass is 896 g/mol. The van der Waals surface area contributed by atoms with Crippen molar-refractivity contribution in [1.82, 2.24) is 8.61 Å². The number of nitrogens with zero attached hydrogens (tertiary/aromatic N) is 2. The van der Waals surface area contributed by atoms with E-state index in [0.29, 0.717) is 22.6 Å². The van der Waals surface area contributed by atoms with Crippen molar-refractivity contribution in [3.05, 3.63) is 120 Å². The van der Waals surface area contributed by atoms with Gasteiger partial charge in [-0.25, -0.2) is 16.8 Å². The second kappa shape index (κ2) is 21.2. The summed E-state index contributed by atoms with van der Waals surface area (Å²) in [4.78, 5) is 40.8. The quantitative estimate of drug-likeness (QED) is 0.0749. The van der Waals surface area contributed by atoms with Gasteiger partial charge in [0.2, 0.25) is 20.0 Å². The minimum Gasteiger partial charge on any atom is -0.497 e. The molecule has 0 spiro atoms. The number of Topliss-reactive ketones (excluding diaryl/α,β-unsaturated/α-hetero) is 1. The van der Waals surface area contributed by atoms with Gasteiger partial charge in [0.1, 0.15) is 17.3 Å². The van der Waals surface area contributed by atoms with E-state index in [9.17, 15) is 9.59 Å². The van der Waals surface area contributed by atoms with Crippen molar-refractivity contribution in [2.75, 3.05) is 25.7 Å². The number of ether oxygens (including phenoxy) is 2. The van der Waals surface area contributed by atoms with E-state index in [0.717, 1.165) is 23.5 Å². The molecule has 11 nitrogen and oxygen atoms in total. The Balaban J connectivity index is 1.97. The van der Waals surface area contributed by atoms with Crippen LogP contribution >= 0.6 is 23.5 Å². The van der Waals surface area contributed by atoms with Crippen molar-refractivity contribution in [3.8, 4) is 11.5 Å². The second-order valence-electron chi connectivity index (χ2n) is 15.3. The number of hydrogen-bond donors (Lipinski definition) is 0. The Morgan fingerprint density at radius 2 is 0.867 bits per heavy atom. The molecule has 60 heavy (non-hydrogen) atoms. The normalized spacial score (nSPS) is 14.2. The van der Waals surface area contributed by atoms with Crippen molar-refractivity contribution in [2.24, 2.45) is 11.8 Å². The van der Waals surface area contributed by atoms with Crippen molar-refractivity contribution in [3.63, 3.8) is 0 Å². The van der Waals surface area contributed by atoms with Gasteiger partial charge in [0.05, 0.1) is 35.1 Å². The Morgan fingerprint density at radius 1 is 0.550 bits per heavy atom. The predicted molar refractivity (Wildman–Crippen MR) is 240 cm³/mol. The highest BCUT2D eigenvalue weighted by atomic mass is 32.2. The van der Waals surface area contributed by atoms with E-state index >= 15 is 21.6 Å². The maximum absolute atomic E-state index is 15.3. The van der Waals surface area contributed by atoms with E-state index in [1.54, 1.807) is 72.8 Å².